The number of hydrogen-bond acceptors (Lipinski definition) is 2. The highest BCUT2D eigenvalue weighted by Crippen LogP contribution is 2.21. The molecule has 1 unspecified atom stereocenters. The van der Waals surface area contributed by atoms with Crippen molar-refractivity contribution < 1.29 is 4.74 Å². The van der Waals surface area contributed by atoms with Gasteiger partial charge in [-0.2, -0.15) is 0 Å². The van der Waals surface area contributed by atoms with Crippen molar-refractivity contribution in [2.75, 3.05) is 13.6 Å². The summed E-state index contributed by atoms with van der Waals surface area (Å²) in [5, 5.41) is 3.90. The van der Waals surface area contributed by atoms with Crippen molar-refractivity contribution in [3.05, 3.63) is 69.2 Å². The van der Waals surface area contributed by atoms with Gasteiger partial charge < -0.3 is 10.1 Å². The Bertz CT molecular complexity index is 544. The van der Waals surface area contributed by atoms with E-state index in [0.29, 0.717) is 6.61 Å². The highest BCUT2D eigenvalue weighted by atomic mass is 79.9. The van der Waals surface area contributed by atoms with Gasteiger partial charge in [-0.15, -0.1) is 0 Å². The first kappa shape index (κ1) is 15.5. The molecule has 2 aromatic carbocycles. The van der Waals surface area contributed by atoms with Crippen LogP contribution in [0.3, 0.4) is 0 Å². The van der Waals surface area contributed by atoms with E-state index in [-0.39, 0.29) is 6.10 Å². The normalized spacial score (nSPS) is 12.3. The lowest BCUT2D eigenvalue weighted by atomic mass is 10.1. The third-order valence-electron chi connectivity index (χ3n) is 2.97. The number of nitrogens with one attached hydrogen (secondary N) is 1. The molecule has 0 amide bonds. The summed E-state index contributed by atoms with van der Waals surface area (Å²) in [5.41, 5.74) is 2.27. The quantitative estimate of drug-likeness (QED) is 0.820. The Labute approximate surface area is 133 Å². The van der Waals surface area contributed by atoms with E-state index < -0.39 is 0 Å². The molecule has 0 bridgehead atoms. The molecule has 0 saturated heterocycles. The van der Waals surface area contributed by atoms with Gasteiger partial charge in [0.15, 0.2) is 0 Å². The molecule has 0 aliphatic rings. The van der Waals surface area contributed by atoms with Crippen LogP contribution >= 0.6 is 27.5 Å². The SMILES string of the molecule is CNCC(OCc1cccc(Br)c1)c1ccc(Cl)cc1. The Balaban J connectivity index is 2.04. The summed E-state index contributed by atoms with van der Waals surface area (Å²) < 4.78 is 7.09. The standard InChI is InChI=1S/C16H17BrClNO/c1-19-10-16(13-5-7-15(18)8-6-13)20-11-12-3-2-4-14(17)9-12/h2-9,16,19H,10-11H2,1H3. The molecule has 0 heterocycles. The lowest BCUT2D eigenvalue weighted by Crippen LogP contribution is -2.19. The summed E-state index contributed by atoms with van der Waals surface area (Å²) in [6, 6.07) is 15.9. The second-order valence-corrected chi connectivity index (χ2v) is 5.89. The Morgan fingerprint density at radius 3 is 2.60 bits per heavy atom. The van der Waals surface area contributed by atoms with E-state index in [1.165, 1.54) is 0 Å². The van der Waals surface area contributed by atoms with E-state index in [1.54, 1.807) is 0 Å². The van der Waals surface area contributed by atoms with Crippen LogP contribution in [0.25, 0.3) is 0 Å². The predicted molar refractivity (Wildman–Crippen MR) is 87.1 cm³/mol. The van der Waals surface area contributed by atoms with Crippen LogP contribution in [0.2, 0.25) is 5.02 Å². The maximum absolute atomic E-state index is 6.02. The minimum atomic E-state index is 0.0104. The fourth-order valence-corrected chi connectivity index (χ4v) is 2.53. The molecule has 1 atom stereocenters. The molecule has 2 nitrogen and oxygen atoms in total. The van der Waals surface area contributed by atoms with Crippen molar-refractivity contribution in [1.29, 1.82) is 0 Å². The first-order valence-corrected chi connectivity index (χ1v) is 7.62. The van der Waals surface area contributed by atoms with Crippen LogP contribution in [-0.4, -0.2) is 13.6 Å². The van der Waals surface area contributed by atoms with Crippen LogP contribution in [0.4, 0.5) is 0 Å². The third-order valence-corrected chi connectivity index (χ3v) is 3.72. The molecule has 1 N–H and O–H groups in total. The molecule has 0 spiro atoms. The maximum Gasteiger partial charge on any atom is 0.0953 e. The van der Waals surface area contributed by atoms with Crippen molar-refractivity contribution in [2.24, 2.45) is 0 Å². The molecule has 2 aromatic rings. The first-order chi connectivity index (χ1) is 9.69. The van der Waals surface area contributed by atoms with E-state index >= 15 is 0 Å². The summed E-state index contributed by atoms with van der Waals surface area (Å²) in [7, 11) is 1.92. The van der Waals surface area contributed by atoms with Gasteiger partial charge in [-0.05, 0) is 42.4 Å². The summed E-state index contributed by atoms with van der Waals surface area (Å²) in [6.07, 6.45) is 0.0104. The summed E-state index contributed by atoms with van der Waals surface area (Å²) >= 11 is 9.39. The van der Waals surface area contributed by atoms with Crippen molar-refractivity contribution in [3.8, 4) is 0 Å². The number of likely N-dealkylation sites (N-methyl/N-ethyl adjacent to an activating group) is 1. The second-order valence-electron chi connectivity index (χ2n) is 4.54. The van der Waals surface area contributed by atoms with Gasteiger partial charge in [0.2, 0.25) is 0 Å². The van der Waals surface area contributed by atoms with Gasteiger partial charge in [-0.3, -0.25) is 0 Å². The van der Waals surface area contributed by atoms with Gasteiger partial charge in [0.05, 0.1) is 12.7 Å². The largest absolute Gasteiger partial charge is 0.368 e. The van der Waals surface area contributed by atoms with Crippen molar-refractivity contribution in [3.63, 3.8) is 0 Å². The monoisotopic (exact) mass is 353 g/mol. The van der Waals surface area contributed by atoms with Crippen LogP contribution in [0, 0.1) is 0 Å². The number of benzene rings is 2. The lowest BCUT2D eigenvalue weighted by molar-refractivity contribution is 0.0410. The zero-order valence-electron chi connectivity index (χ0n) is 11.3. The number of halogens is 2. The molecule has 0 fully saturated rings. The summed E-state index contributed by atoms with van der Waals surface area (Å²) in [4.78, 5) is 0. The van der Waals surface area contributed by atoms with E-state index in [2.05, 4.69) is 33.4 Å². The van der Waals surface area contributed by atoms with E-state index in [4.69, 9.17) is 16.3 Å². The summed E-state index contributed by atoms with van der Waals surface area (Å²) in [6.45, 7) is 1.34. The summed E-state index contributed by atoms with van der Waals surface area (Å²) in [5.74, 6) is 0. The zero-order chi connectivity index (χ0) is 14.4. The minimum absolute atomic E-state index is 0.0104. The Hall–Kier alpha value is -0.870. The zero-order valence-corrected chi connectivity index (χ0v) is 13.6. The predicted octanol–water partition coefficient (Wildman–Crippen LogP) is 4.58. The van der Waals surface area contributed by atoms with Crippen LogP contribution < -0.4 is 5.32 Å². The highest BCUT2D eigenvalue weighted by molar-refractivity contribution is 9.10. The van der Waals surface area contributed by atoms with Crippen LogP contribution in [0.1, 0.15) is 17.2 Å². The minimum Gasteiger partial charge on any atom is -0.368 e. The second kappa shape index (κ2) is 7.79. The maximum atomic E-state index is 6.02. The Morgan fingerprint density at radius 1 is 1.20 bits per heavy atom. The van der Waals surface area contributed by atoms with Gasteiger partial charge in [0, 0.05) is 16.0 Å². The molecule has 106 valence electrons. The molecule has 0 aliphatic carbocycles. The molecule has 0 saturated carbocycles. The van der Waals surface area contributed by atoms with Gasteiger partial charge in [-0.25, -0.2) is 0 Å². The van der Waals surface area contributed by atoms with Crippen LogP contribution in [0.15, 0.2) is 53.0 Å². The van der Waals surface area contributed by atoms with Crippen molar-refractivity contribution >= 4 is 27.5 Å². The van der Waals surface area contributed by atoms with Crippen LogP contribution in [0.5, 0.6) is 0 Å². The fourth-order valence-electron chi connectivity index (χ4n) is 1.96. The number of hydrogen-bond donors (Lipinski definition) is 1. The molecule has 2 rings (SSSR count). The molecular weight excluding hydrogens is 338 g/mol. The van der Waals surface area contributed by atoms with E-state index in [9.17, 15) is 0 Å². The molecule has 0 aromatic heterocycles. The van der Waals surface area contributed by atoms with Gasteiger partial charge in [0.1, 0.15) is 0 Å². The van der Waals surface area contributed by atoms with Crippen molar-refractivity contribution in [1.82, 2.24) is 5.32 Å². The lowest BCUT2D eigenvalue weighted by Gasteiger charge is -2.18. The topological polar surface area (TPSA) is 21.3 Å². The third kappa shape index (κ3) is 4.60. The highest BCUT2D eigenvalue weighted by Gasteiger charge is 2.11. The fraction of sp³-hybridized carbons (Fsp3) is 0.250. The van der Waals surface area contributed by atoms with Gasteiger partial charge in [0.25, 0.3) is 0 Å². The van der Waals surface area contributed by atoms with Gasteiger partial charge in [-0.1, -0.05) is 51.8 Å². The smallest absolute Gasteiger partial charge is 0.0953 e. The Kier molecular flexibility index (Phi) is 6.05. The number of ether oxygens (including phenoxy) is 1. The van der Waals surface area contributed by atoms with E-state index in [1.807, 2.05) is 43.4 Å². The molecule has 0 radical (unpaired) electrons. The molecule has 0 aliphatic heterocycles. The first-order valence-electron chi connectivity index (χ1n) is 6.45. The van der Waals surface area contributed by atoms with Gasteiger partial charge >= 0.3 is 0 Å². The van der Waals surface area contributed by atoms with E-state index in [0.717, 1.165) is 27.2 Å². The average Bonchev–Trinajstić information content (AvgIpc) is 2.44. The Morgan fingerprint density at radius 2 is 1.95 bits per heavy atom. The molecular formula is C16H17BrClNO. The number of rotatable bonds is 6. The molecule has 20 heavy (non-hydrogen) atoms. The van der Waals surface area contributed by atoms with Crippen LogP contribution in [-0.2, 0) is 11.3 Å². The molecule has 4 heteroatoms. The van der Waals surface area contributed by atoms with Crippen molar-refractivity contribution in [2.45, 2.75) is 12.7 Å². The average molecular weight is 355 g/mol.